The molecule has 0 saturated heterocycles. The first-order valence-electron chi connectivity index (χ1n) is 9.72. The highest BCUT2D eigenvalue weighted by atomic mass is 16.5. The Balaban J connectivity index is 1.51. The van der Waals surface area contributed by atoms with Crippen LogP contribution in [0.5, 0.6) is 0 Å². The van der Waals surface area contributed by atoms with E-state index in [1.807, 2.05) is 34.9 Å². The predicted molar refractivity (Wildman–Crippen MR) is 108 cm³/mol. The van der Waals surface area contributed by atoms with Crippen molar-refractivity contribution in [3.05, 3.63) is 59.9 Å². The average Bonchev–Trinajstić information content (AvgIpc) is 3.36. The van der Waals surface area contributed by atoms with Crippen LogP contribution in [-0.4, -0.2) is 37.6 Å². The molecule has 0 radical (unpaired) electrons. The van der Waals surface area contributed by atoms with E-state index in [9.17, 15) is 10.2 Å². The Hall–Kier alpha value is -2.92. The van der Waals surface area contributed by atoms with Gasteiger partial charge in [0.05, 0.1) is 6.10 Å². The zero-order valence-corrected chi connectivity index (χ0v) is 16.2. The Bertz CT molecular complexity index is 1020. The van der Waals surface area contributed by atoms with Crippen molar-refractivity contribution < 1.29 is 14.7 Å². The summed E-state index contributed by atoms with van der Waals surface area (Å²) in [6.07, 6.45) is 4.04. The number of aliphatic hydroxyl groups is 2. The van der Waals surface area contributed by atoms with Crippen LogP contribution in [0.4, 0.5) is 0 Å². The van der Waals surface area contributed by atoms with E-state index >= 15 is 0 Å². The lowest BCUT2D eigenvalue weighted by Crippen LogP contribution is -2.26. The quantitative estimate of drug-likeness (QED) is 0.575. The lowest BCUT2D eigenvalue weighted by molar-refractivity contribution is 0.0666. The Morgan fingerprint density at radius 3 is 2.72 bits per heavy atom. The molecule has 2 atom stereocenters. The molecule has 1 fully saturated rings. The van der Waals surface area contributed by atoms with Crippen molar-refractivity contribution in [1.29, 1.82) is 0 Å². The molecule has 0 spiro atoms. The summed E-state index contributed by atoms with van der Waals surface area (Å²) in [5.74, 6) is 7.78. The maximum atomic E-state index is 9.91. The van der Waals surface area contributed by atoms with Gasteiger partial charge in [0.25, 0.3) is 0 Å². The monoisotopic (exact) mass is 392 g/mol. The van der Waals surface area contributed by atoms with E-state index in [-0.39, 0.29) is 18.7 Å². The average molecular weight is 392 g/mol. The molecule has 2 heterocycles. The topological polar surface area (TPSA) is 110 Å². The highest BCUT2D eigenvalue weighted by Crippen LogP contribution is 2.28. The van der Waals surface area contributed by atoms with Crippen LogP contribution in [0.15, 0.2) is 47.2 Å². The van der Waals surface area contributed by atoms with Gasteiger partial charge in [0.15, 0.2) is 5.76 Å². The first kappa shape index (κ1) is 19.4. The molecule has 4 rings (SSSR count). The standard InChI is InChI=1S/C22H24N4O3/c1-14(27)22-24-8-9-26(22)20(13-23)21-12-19(25-29-21)17-6-4-15(5-7-17)2-3-16-10-18(28)11-16/h4-9,12,14,16,18,20,27-28H,10-11,13,23H2,1H3/t14?,16-,18-,20?. The largest absolute Gasteiger partial charge is 0.393 e. The van der Waals surface area contributed by atoms with Gasteiger partial charge in [-0.3, -0.25) is 0 Å². The van der Waals surface area contributed by atoms with Crippen LogP contribution in [0.2, 0.25) is 0 Å². The summed E-state index contributed by atoms with van der Waals surface area (Å²) in [6, 6.07) is 9.38. The smallest absolute Gasteiger partial charge is 0.161 e. The number of aliphatic hydroxyl groups excluding tert-OH is 2. The minimum Gasteiger partial charge on any atom is -0.393 e. The third kappa shape index (κ3) is 4.10. The lowest BCUT2D eigenvalue weighted by Gasteiger charge is -2.26. The Morgan fingerprint density at radius 1 is 1.31 bits per heavy atom. The van der Waals surface area contributed by atoms with E-state index < -0.39 is 6.10 Å². The van der Waals surface area contributed by atoms with Gasteiger partial charge in [-0.1, -0.05) is 29.1 Å². The molecule has 3 aromatic rings. The number of benzene rings is 1. The van der Waals surface area contributed by atoms with Crippen molar-refractivity contribution in [1.82, 2.24) is 14.7 Å². The van der Waals surface area contributed by atoms with Crippen LogP contribution in [-0.2, 0) is 0 Å². The third-order valence-electron chi connectivity index (χ3n) is 5.20. The first-order valence-corrected chi connectivity index (χ1v) is 9.72. The van der Waals surface area contributed by atoms with Gasteiger partial charge in [0.1, 0.15) is 23.7 Å². The van der Waals surface area contributed by atoms with Gasteiger partial charge in [0, 0.05) is 42.0 Å². The number of hydrogen-bond acceptors (Lipinski definition) is 6. The van der Waals surface area contributed by atoms with Gasteiger partial charge in [0.2, 0.25) is 0 Å². The second-order valence-electron chi connectivity index (χ2n) is 7.40. The lowest BCUT2D eigenvalue weighted by atomic mass is 9.83. The van der Waals surface area contributed by atoms with Gasteiger partial charge < -0.3 is 25.0 Å². The summed E-state index contributed by atoms with van der Waals surface area (Å²) in [5.41, 5.74) is 8.52. The number of nitrogens with two attached hydrogens (primary N) is 1. The van der Waals surface area contributed by atoms with E-state index in [0.29, 0.717) is 23.2 Å². The third-order valence-corrected chi connectivity index (χ3v) is 5.20. The highest BCUT2D eigenvalue weighted by Gasteiger charge is 2.25. The van der Waals surface area contributed by atoms with E-state index in [4.69, 9.17) is 10.3 Å². The molecule has 4 N–H and O–H groups in total. The molecule has 1 saturated carbocycles. The summed E-state index contributed by atoms with van der Waals surface area (Å²) < 4.78 is 7.37. The molecule has 1 aliphatic carbocycles. The minimum absolute atomic E-state index is 0.186. The van der Waals surface area contributed by atoms with Crippen molar-refractivity contribution in [2.24, 2.45) is 11.7 Å². The molecule has 150 valence electrons. The zero-order chi connectivity index (χ0) is 20.4. The van der Waals surface area contributed by atoms with Gasteiger partial charge >= 0.3 is 0 Å². The summed E-state index contributed by atoms with van der Waals surface area (Å²) in [7, 11) is 0. The molecular weight excluding hydrogens is 368 g/mol. The molecular formula is C22H24N4O3. The van der Waals surface area contributed by atoms with E-state index in [1.165, 1.54) is 0 Å². The molecule has 0 bridgehead atoms. The van der Waals surface area contributed by atoms with Crippen molar-refractivity contribution in [3.63, 3.8) is 0 Å². The van der Waals surface area contributed by atoms with Gasteiger partial charge in [-0.25, -0.2) is 4.98 Å². The maximum Gasteiger partial charge on any atom is 0.161 e. The number of rotatable bonds is 5. The molecule has 2 aromatic heterocycles. The number of hydrogen-bond donors (Lipinski definition) is 3. The number of imidazole rings is 1. The number of aromatic nitrogens is 3. The highest BCUT2D eigenvalue weighted by molar-refractivity contribution is 5.60. The summed E-state index contributed by atoms with van der Waals surface area (Å²) >= 11 is 0. The first-order chi connectivity index (χ1) is 14.0. The van der Waals surface area contributed by atoms with Crippen LogP contribution in [0, 0.1) is 17.8 Å². The number of nitrogens with zero attached hydrogens (tertiary/aromatic N) is 3. The molecule has 0 aliphatic heterocycles. The zero-order valence-electron chi connectivity index (χ0n) is 16.2. The van der Waals surface area contributed by atoms with Gasteiger partial charge in [-0.15, -0.1) is 0 Å². The summed E-state index contributed by atoms with van der Waals surface area (Å²) in [6.45, 7) is 1.95. The Kier molecular flexibility index (Phi) is 5.49. The van der Waals surface area contributed by atoms with Crippen molar-refractivity contribution in [2.75, 3.05) is 6.54 Å². The predicted octanol–water partition coefficient (Wildman–Crippen LogP) is 2.26. The van der Waals surface area contributed by atoms with Gasteiger partial charge in [-0.2, -0.15) is 0 Å². The molecule has 2 unspecified atom stereocenters. The van der Waals surface area contributed by atoms with Crippen LogP contribution in [0.1, 0.15) is 49.1 Å². The minimum atomic E-state index is -0.710. The summed E-state index contributed by atoms with van der Waals surface area (Å²) in [4.78, 5) is 4.20. The van der Waals surface area contributed by atoms with Crippen molar-refractivity contribution >= 4 is 0 Å². The fraction of sp³-hybridized carbons (Fsp3) is 0.364. The molecule has 7 nitrogen and oxygen atoms in total. The summed E-state index contributed by atoms with van der Waals surface area (Å²) in [5, 5.41) is 23.4. The SMILES string of the molecule is CC(O)c1nccn1C(CN)c1cc(-c2ccc(C#C[C@H]3C[C@H](O)C3)cc2)no1. The Morgan fingerprint density at radius 2 is 2.07 bits per heavy atom. The molecule has 7 heteroatoms. The van der Waals surface area contributed by atoms with Gasteiger partial charge in [-0.05, 0) is 31.9 Å². The van der Waals surface area contributed by atoms with Crippen LogP contribution >= 0.6 is 0 Å². The van der Waals surface area contributed by atoms with Crippen LogP contribution in [0.25, 0.3) is 11.3 Å². The van der Waals surface area contributed by atoms with E-state index in [2.05, 4.69) is 22.0 Å². The molecule has 29 heavy (non-hydrogen) atoms. The van der Waals surface area contributed by atoms with Crippen molar-refractivity contribution in [3.8, 4) is 23.1 Å². The second kappa shape index (κ2) is 8.21. The van der Waals surface area contributed by atoms with E-state index in [0.717, 1.165) is 24.0 Å². The van der Waals surface area contributed by atoms with Crippen molar-refractivity contribution in [2.45, 2.75) is 38.0 Å². The maximum absolute atomic E-state index is 9.91. The van der Waals surface area contributed by atoms with Crippen LogP contribution in [0.3, 0.4) is 0 Å². The normalized spacial score (nSPS) is 20.4. The Labute approximate surface area is 169 Å². The van der Waals surface area contributed by atoms with E-state index in [1.54, 1.807) is 19.3 Å². The second-order valence-corrected chi connectivity index (χ2v) is 7.40. The fourth-order valence-electron chi connectivity index (χ4n) is 3.48. The fourth-order valence-corrected chi connectivity index (χ4v) is 3.48. The molecule has 0 amide bonds. The molecule has 1 aliphatic rings. The molecule has 1 aromatic carbocycles. The van der Waals surface area contributed by atoms with Crippen LogP contribution < -0.4 is 5.73 Å².